The first kappa shape index (κ1) is 12.4. The molecule has 2 heterocycles. The molecule has 0 spiro atoms. The minimum atomic E-state index is -0.198. The SMILES string of the molecule is O=C1COc2cc(C(=O)c3ccsc3)c(Br)cc2N1. The molecule has 0 radical (unpaired) electrons. The van der Waals surface area contributed by atoms with Gasteiger partial charge in [-0.2, -0.15) is 11.3 Å². The fourth-order valence-electron chi connectivity index (χ4n) is 1.82. The maximum absolute atomic E-state index is 12.3. The van der Waals surface area contributed by atoms with Gasteiger partial charge in [-0.15, -0.1) is 0 Å². The highest BCUT2D eigenvalue weighted by molar-refractivity contribution is 9.10. The molecule has 1 aromatic heterocycles. The Morgan fingerprint density at radius 1 is 1.42 bits per heavy atom. The van der Waals surface area contributed by atoms with Gasteiger partial charge in [0.25, 0.3) is 5.91 Å². The van der Waals surface area contributed by atoms with Crippen molar-refractivity contribution in [3.8, 4) is 5.75 Å². The summed E-state index contributed by atoms with van der Waals surface area (Å²) in [6.45, 7) is -0.0271. The van der Waals surface area contributed by atoms with E-state index in [1.54, 1.807) is 23.6 Å². The molecule has 1 aliphatic heterocycles. The van der Waals surface area contributed by atoms with Crippen molar-refractivity contribution < 1.29 is 14.3 Å². The van der Waals surface area contributed by atoms with Gasteiger partial charge in [0, 0.05) is 21.0 Å². The minimum Gasteiger partial charge on any atom is -0.482 e. The number of rotatable bonds is 2. The number of amides is 1. The summed E-state index contributed by atoms with van der Waals surface area (Å²) in [5, 5.41) is 6.36. The minimum absolute atomic E-state index is 0.0271. The number of fused-ring (bicyclic) bond motifs is 1. The second-order valence-corrected chi connectivity index (χ2v) is 5.64. The van der Waals surface area contributed by atoms with Gasteiger partial charge in [0.2, 0.25) is 0 Å². The van der Waals surface area contributed by atoms with Crippen molar-refractivity contribution in [1.29, 1.82) is 0 Å². The van der Waals surface area contributed by atoms with Crippen molar-refractivity contribution >= 4 is 44.6 Å². The Morgan fingerprint density at radius 2 is 2.26 bits per heavy atom. The molecule has 0 bridgehead atoms. The molecule has 4 nitrogen and oxygen atoms in total. The predicted molar refractivity (Wildman–Crippen MR) is 76.0 cm³/mol. The van der Waals surface area contributed by atoms with Crippen LogP contribution in [0.2, 0.25) is 0 Å². The van der Waals surface area contributed by atoms with Gasteiger partial charge >= 0.3 is 0 Å². The van der Waals surface area contributed by atoms with Crippen LogP contribution in [0.4, 0.5) is 5.69 Å². The Balaban J connectivity index is 2.04. The Labute approximate surface area is 121 Å². The lowest BCUT2D eigenvalue weighted by atomic mass is 10.0. The van der Waals surface area contributed by atoms with Gasteiger partial charge in [0.15, 0.2) is 12.4 Å². The molecule has 96 valence electrons. The van der Waals surface area contributed by atoms with Gasteiger partial charge in [-0.1, -0.05) is 0 Å². The number of carbonyl (C=O) groups excluding carboxylic acids is 2. The van der Waals surface area contributed by atoms with E-state index in [4.69, 9.17) is 4.74 Å². The van der Waals surface area contributed by atoms with Crippen molar-refractivity contribution in [2.24, 2.45) is 0 Å². The third-order valence-electron chi connectivity index (χ3n) is 2.73. The van der Waals surface area contributed by atoms with Gasteiger partial charge in [0.05, 0.1) is 5.69 Å². The lowest BCUT2D eigenvalue weighted by Crippen LogP contribution is -2.25. The van der Waals surface area contributed by atoms with Crippen LogP contribution in [0.25, 0.3) is 0 Å². The number of hydrogen-bond donors (Lipinski definition) is 1. The summed E-state index contributed by atoms with van der Waals surface area (Å²) in [6.07, 6.45) is 0. The Morgan fingerprint density at radius 3 is 3.00 bits per heavy atom. The molecule has 1 N–H and O–H groups in total. The average molecular weight is 338 g/mol. The van der Waals surface area contributed by atoms with Crippen molar-refractivity contribution in [3.63, 3.8) is 0 Å². The largest absolute Gasteiger partial charge is 0.482 e. The fraction of sp³-hybridized carbons (Fsp3) is 0.0769. The molecular weight excluding hydrogens is 330 g/mol. The first-order chi connectivity index (χ1) is 9.15. The molecule has 1 amide bonds. The van der Waals surface area contributed by atoms with E-state index in [0.29, 0.717) is 27.0 Å². The first-order valence-corrected chi connectivity index (χ1v) is 7.22. The Hall–Kier alpha value is -1.66. The van der Waals surface area contributed by atoms with Gasteiger partial charge < -0.3 is 10.1 Å². The number of anilines is 1. The zero-order valence-electron chi connectivity index (χ0n) is 9.60. The molecule has 0 aliphatic carbocycles. The number of halogens is 1. The molecule has 0 atom stereocenters. The monoisotopic (exact) mass is 337 g/mol. The number of benzene rings is 1. The van der Waals surface area contributed by atoms with Crippen LogP contribution in [0.3, 0.4) is 0 Å². The van der Waals surface area contributed by atoms with Crippen LogP contribution in [0.5, 0.6) is 5.75 Å². The number of carbonyl (C=O) groups is 2. The highest BCUT2D eigenvalue weighted by Crippen LogP contribution is 2.34. The van der Waals surface area contributed by atoms with E-state index in [-0.39, 0.29) is 18.3 Å². The van der Waals surface area contributed by atoms with E-state index < -0.39 is 0 Å². The van der Waals surface area contributed by atoms with Gasteiger partial charge in [-0.25, -0.2) is 0 Å². The highest BCUT2D eigenvalue weighted by Gasteiger charge is 2.21. The van der Waals surface area contributed by atoms with Crippen LogP contribution in [0.15, 0.2) is 33.4 Å². The number of ketones is 1. The van der Waals surface area contributed by atoms with Crippen molar-refractivity contribution in [2.75, 3.05) is 11.9 Å². The van der Waals surface area contributed by atoms with Gasteiger partial charge in [0.1, 0.15) is 5.75 Å². The van der Waals surface area contributed by atoms with Crippen LogP contribution in [0, 0.1) is 0 Å². The first-order valence-electron chi connectivity index (χ1n) is 5.48. The maximum Gasteiger partial charge on any atom is 0.262 e. The van der Waals surface area contributed by atoms with Crippen LogP contribution >= 0.6 is 27.3 Å². The molecule has 0 saturated carbocycles. The summed E-state index contributed by atoms with van der Waals surface area (Å²) in [6, 6.07) is 5.12. The lowest BCUT2D eigenvalue weighted by Gasteiger charge is -2.19. The topological polar surface area (TPSA) is 55.4 Å². The third kappa shape index (κ3) is 2.29. The van der Waals surface area contributed by atoms with E-state index in [2.05, 4.69) is 21.2 Å². The second kappa shape index (κ2) is 4.79. The van der Waals surface area contributed by atoms with E-state index >= 15 is 0 Å². The summed E-state index contributed by atoms with van der Waals surface area (Å²) < 4.78 is 5.95. The standard InChI is InChI=1S/C13H8BrNO3S/c14-9-4-10-11(18-5-12(16)15-10)3-8(9)13(17)7-1-2-19-6-7/h1-4,6H,5H2,(H,15,16). The van der Waals surface area contributed by atoms with Crippen LogP contribution in [-0.4, -0.2) is 18.3 Å². The van der Waals surface area contributed by atoms with Crippen LogP contribution in [0.1, 0.15) is 15.9 Å². The Kier molecular flexibility index (Phi) is 3.12. The maximum atomic E-state index is 12.3. The fourth-order valence-corrected chi connectivity index (χ4v) is 2.98. The average Bonchev–Trinajstić information content (AvgIpc) is 2.91. The summed E-state index contributed by atoms with van der Waals surface area (Å²) in [5.41, 5.74) is 1.74. The summed E-state index contributed by atoms with van der Waals surface area (Å²) in [4.78, 5) is 23.5. The Bertz CT molecular complexity index is 667. The molecule has 1 aliphatic rings. The van der Waals surface area contributed by atoms with Gasteiger partial charge in [-0.05, 0) is 39.5 Å². The van der Waals surface area contributed by atoms with E-state index in [0.717, 1.165) is 0 Å². The van der Waals surface area contributed by atoms with Crippen LogP contribution in [-0.2, 0) is 4.79 Å². The number of thiophene rings is 1. The molecule has 6 heteroatoms. The zero-order valence-corrected chi connectivity index (χ0v) is 12.0. The summed E-state index contributed by atoms with van der Waals surface area (Å²) >= 11 is 4.83. The normalized spacial score (nSPS) is 13.4. The number of ether oxygens (including phenoxy) is 1. The smallest absolute Gasteiger partial charge is 0.262 e. The molecule has 0 fully saturated rings. The second-order valence-electron chi connectivity index (χ2n) is 4.01. The highest BCUT2D eigenvalue weighted by atomic mass is 79.9. The van der Waals surface area contributed by atoms with Crippen molar-refractivity contribution in [2.45, 2.75) is 0 Å². The van der Waals surface area contributed by atoms with E-state index in [9.17, 15) is 9.59 Å². The molecule has 0 unspecified atom stereocenters. The molecule has 0 saturated heterocycles. The predicted octanol–water partition coefficient (Wildman–Crippen LogP) is 3.07. The number of nitrogens with one attached hydrogen (secondary N) is 1. The van der Waals surface area contributed by atoms with Crippen LogP contribution < -0.4 is 10.1 Å². The third-order valence-corrected chi connectivity index (χ3v) is 4.07. The molecule has 1 aromatic carbocycles. The molecule has 19 heavy (non-hydrogen) atoms. The van der Waals surface area contributed by atoms with E-state index in [1.807, 2.05) is 5.38 Å². The molecule has 3 rings (SSSR count). The van der Waals surface area contributed by atoms with Crippen molar-refractivity contribution in [3.05, 3.63) is 44.6 Å². The quantitative estimate of drug-likeness (QED) is 0.857. The lowest BCUT2D eigenvalue weighted by molar-refractivity contribution is -0.118. The summed E-state index contributed by atoms with van der Waals surface area (Å²) in [7, 11) is 0. The number of hydrogen-bond acceptors (Lipinski definition) is 4. The molecular formula is C13H8BrNO3S. The van der Waals surface area contributed by atoms with Crippen molar-refractivity contribution in [1.82, 2.24) is 0 Å². The summed E-state index contributed by atoms with van der Waals surface area (Å²) in [5.74, 6) is 0.245. The molecule has 2 aromatic rings. The van der Waals surface area contributed by atoms with Gasteiger partial charge in [-0.3, -0.25) is 9.59 Å². The van der Waals surface area contributed by atoms with E-state index in [1.165, 1.54) is 11.3 Å². The zero-order chi connectivity index (χ0) is 13.4.